The van der Waals surface area contributed by atoms with Crippen molar-refractivity contribution in [2.24, 2.45) is 5.92 Å². The topological polar surface area (TPSA) is 66.0 Å². The molecule has 116 valence electrons. The molecule has 1 aromatic rings. The Bertz CT molecular complexity index is 511. The Hall–Kier alpha value is -1.82. The first-order valence-corrected chi connectivity index (χ1v) is 7.28. The van der Waals surface area contributed by atoms with E-state index in [1.165, 1.54) is 30.9 Å². The fraction of sp³-hybridized carbons (Fsp3) is 0.600. The van der Waals surface area contributed by atoms with Crippen molar-refractivity contribution < 1.29 is 19.3 Å². The maximum atomic E-state index is 11.3. The van der Waals surface area contributed by atoms with Gasteiger partial charge in [0.05, 0.1) is 43.9 Å². The van der Waals surface area contributed by atoms with Crippen LogP contribution in [0, 0.1) is 16.0 Å². The molecule has 0 bridgehead atoms. The Morgan fingerprint density at radius 2 is 1.81 bits per heavy atom. The van der Waals surface area contributed by atoms with Crippen LogP contribution in [0.3, 0.4) is 0 Å². The lowest BCUT2D eigenvalue weighted by atomic mass is 9.98. The van der Waals surface area contributed by atoms with Crippen LogP contribution in [-0.4, -0.2) is 32.2 Å². The van der Waals surface area contributed by atoms with E-state index in [0.717, 1.165) is 19.0 Å². The first-order valence-electron chi connectivity index (χ1n) is 7.28. The Morgan fingerprint density at radius 3 is 2.33 bits per heavy atom. The van der Waals surface area contributed by atoms with Gasteiger partial charge in [0.15, 0.2) is 11.5 Å². The highest BCUT2D eigenvalue weighted by Crippen LogP contribution is 2.34. The van der Waals surface area contributed by atoms with Crippen molar-refractivity contribution in [3.05, 3.63) is 27.8 Å². The second kappa shape index (κ2) is 6.76. The summed E-state index contributed by atoms with van der Waals surface area (Å²) in [5, 5.41) is 11.3. The molecule has 1 saturated heterocycles. The van der Waals surface area contributed by atoms with Gasteiger partial charge in [0, 0.05) is 0 Å². The van der Waals surface area contributed by atoms with E-state index in [-0.39, 0.29) is 10.6 Å². The average Bonchev–Trinajstić information content (AvgIpc) is 2.48. The van der Waals surface area contributed by atoms with E-state index < -0.39 is 0 Å². The maximum absolute atomic E-state index is 11.3. The quantitative estimate of drug-likeness (QED) is 0.659. The SMILES string of the molecule is COc1cc(C[NH+]2CCC(C)CC2)c([N+](=O)[O-])cc1OC. The van der Waals surface area contributed by atoms with Gasteiger partial charge in [0.1, 0.15) is 6.54 Å². The molecule has 0 unspecified atom stereocenters. The van der Waals surface area contributed by atoms with Gasteiger partial charge >= 0.3 is 0 Å². The van der Waals surface area contributed by atoms with Gasteiger partial charge in [0.25, 0.3) is 5.69 Å². The van der Waals surface area contributed by atoms with E-state index in [1.54, 1.807) is 13.2 Å². The highest BCUT2D eigenvalue weighted by Gasteiger charge is 2.25. The smallest absolute Gasteiger partial charge is 0.282 e. The number of benzene rings is 1. The van der Waals surface area contributed by atoms with E-state index in [2.05, 4.69) is 6.92 Å². The van der Waals surface area contributed by atoms with Gasteiger partial charge in [-0.05, 0) is 24.8 Å². The molecule has 0 aliphatic carbocycles. The van der Waals surface area contributed by atoms with Crippen molar-refractivity contribution in [2.75, 3.05) is 27.3 Å². The molecule has 1 aliphatic rings. The monoisotopic (exact) mass is 295 g/mol. The van der Waals surface area contributed by atoms with Crippen molar-refractivity contribution in [1.29, 1.82) is 0 Å². The van der Waals surface area contributed by atoms with Crippen LogP contribution < -0.4 is 14.4 Å². The summed E-state index contributed by atoms with van der Waals surface area (Å²) in [7, 11) is 3.03. The minimum atomic E-state index is -0.344. The van der Waals surface area contributed by atoms with Gasteiger partial charge in [-0.2, -0.15) is 0 Å². The number of nitro groups is 1. The van der Waals surface area contributed by atoms with Gasteiger partial charge in [-0.15, -0.1) is 0 Å². The number of nitrogens with zero attached hydrogens (tertiary/aromatic N) is 1. The summed E-state index contributed by atoms with van der Waals surface area (Å²) >= 11 is 0. The summed E-state index contributed by atoms with van der Waals surface area (Å²) in [4.78, 5) is 12.3. The number of quaternary nitrogens is 1. The molecule has 0 spiro atoms. The van der Waals surface area contributed by atoms with Gasteiger partial charge in [0.2, 0.25) is 0 Å². The summed E-state index contributed by atoms with van der Waals surface area (Å²) in [5.41, 5.74) is 0.820. The Balaban J connectivity index is 2.26. The van der Waals surface area contributed by atoms with E-state index in [1.807, 2.05) is 0 Å². The van der Waals surface area contributed by atoms with Gasteiger partial charge in [-0.3, -0.25) is 10.1 Å². The van der Waals surface area contributed by atoms with Gasteiger partial charge < -0.3 is 14.4 Å². The third-order valence-electron chi connectivity index (χ3n) is 4.20. The minimum absolute atomic E-state index is 0.110. The highest BCUT2D eigenvalue weighted by atomic mass is 16.6. The summed E-state index contributed by atoms with van der Waals surface area (Å²) < 4.78 is 10.4. The normalized spacial score (nSPS) is 21.9. The zero-order valence-electron chi connectivity index (χ0n) is 12.8. The molecule has 0 aromatic heterocycles. The standard InChI is InChI=1S/C15H22N2O4/c1-11-4-6-16(7-5-11)10-12-8-14(20-2)15(21-3)9-13(12)17(18)19/h8-9,11H,4-7,10H2,1-3H3/p+1. The average molecular weight is 295 g/mol. The highest BCUT2D eigenvalue weighted by molar-refractivity contribution is 5.54. The zero-order chi connectivity index (χ0) is 15.4. The zero-order valence-corrected chi connectivity index (χ0v) is 12.8. The van der Waals surface area contributed by atoms with Crippen LogP contribution >= 0.6 is 0 Å². The molecule has 1 aromatic carbocycles. The third-order valence-corrected chi connectivity index (χ3v) is 4.20. The largest absolute Gasteiger partial charge is 0.493 e. The number of nitro benzene ring substituents is 1. The van der Waals surface area contributed by atoms with Crippen molar-refractivity contribution in [2.45, 2.75) is 26.3 Å². The van der Waals surface area contributed by atoms with Crippen LogP contribution in [0.5, 0.6) is 11.5 Å². The number of rotatable bonds is 5. The number of ether oxygens (including phenoxy) is 2. The Morgan fingerprint density at radius 1 is 1.24 bits per heavy atom. The summed E-state index contributed by atoms with van der Waals surface area (Å²) in [5.74, 6) is 1.70. The van der Waals surface area contributed by atoms with Crippen LogP contribution in [-0.2, 0) is 6.54 Å². The van der Waals surface area contributed by atoms with Crippen LogP contribution in [0.2, 0.25) is 0 Å². The molecule has 6 heteroatoms. The fourth-order valence-corrected chi connectivity index (χ4v) is 2.84. The molecule has 0 amide bonds. The van der Waals surface area contributed by atoms with Crippen molar-refractivity contribution >= 4 is 5.69 Å². The van der Waals surface area contributed by atoms with Crippen LogP contribution in [0.1, 0.15) is 25.3 Å². The Kier molecular flexibility index (Phi) is 5.01. The molecule has 21 heavy (non-hydrogen) atoms. The molecule has 0 radical (unpaired) electrons. The van der Waals surface area contributed by atoms with Crippen LogP contribution in [0.4, 0.5) is 5.69 Å². The van der Waals surface area contributed by atoms with E-state index in [9.17, 15) is 10.1 Å². The molecule has 0 atom stereocenters. The van der Waals surface area contributed by atoms with E-state index in [0.29, 0.717) is 23.6 Å². The molecule has 2 rings (SSSR count). The van der Waals surface area contributed by atoms with Crippen LogP contribution in [0.25, 0.3) is 0 Å². The minimum Gasteiger partial charge on any atom is -0.493 e. The predicted molar refractivity (Wildman–Crippen MR) is 79.0 cm³/mol. The summed E-state index contributed by atoms with van der Waals surface area (Å²) in [6.07, 6.45) is 2.35. The second-order valence-electron chi connectivity index (χ2n) is 5.70. The van der Waals surface area contributed by atoms with E-state index in [4.69, 9.17) is 9.47 Å². The number of methoxy groups -OCH3 is 2. The number of hydrogen-bond donors (Lipinski definition) is 1. The van der Waals surface area contributed by atoms with E-state index >= 15 is 0 Å². The maximum Gasteiger partial charge on any atom is 0.282 e. The van der Waals surface area contributed by atoms with Crippen LogP contribution in [0.15, 0.2) is 12.1 Å². The van der Waals surface area contributed by atoms with Crippen molar-refractivity contribution in [3.8, 4) is 11.5 Å². The predicted octanol–water partition coefficient (Wildman–Crippen LogP) is 1.43. The molecule has 1 N–H and O–H groups in total. The summed E-state index contributed by atoms with van der Waals surface area (Å²) in [6.45, 7) is 5.04. The first kappa shape index (κ1) is 15.6. The second-order valence-corrected chi connectivity index (χ2v) is 5.70. The Labute approximate surface area is 124 Å². The van der Waals surface area contributed by atoms with Crippen molar-refractivity contribution in [3.63, 3.8) is 0 Å². The third kappa shape index (κ3) is 3.64. The van der Waals surface area contributed by atoms with Gasteiger partial charge in [-0.25, -0.2) is 0 Å². The lowest BCUT2D eigenvalue weighted by Crippen LogP contribution is -3.11. The summed E-state index contributed by atoms with van der Waals surface area (Å²) in [6, 6.07) is 3.20. The number of likely N-dealkylation sites (tertiary alicyclic amines) is 1. The first-order chi connectivity index (χ1) is 10.0. The lowest BCUT2D eigenvalue weighted by molar-refractivity contribution is -0.919. The lowest BCUT2D eigenvalue weighted by Gasteiger charge is -2.27. The molecule has 0 saturated carbocycles. The molecule has 1 heterocycles. The number of hydrogen-bond acceptors (Lipinski definition) is 4. The number of piperidine rings is 1. The fourth-order valence-electron chi connectivity index (χ4n) is 2.84. The number of nitrogens with one attached hydrogen (secondary N) is 1. The molecule has 6 nitrogen and oxygen atoms in total. The molecular weight excluding hydrogens is 272 g/mol. The molecule has 1 fully saturated rings. The van der Waals surface area contributed by atoms with Gasteiger partial charge in [-0.1, -0.05) is 6.92 Å². The molecule has 1 aliphatic heterocycles. The van der Waals surface area contributed by atoms with Crippen molar-refractivity contribution in [1.82, 2.24) is 0 Å². The molecular formula is C15H23N2O4+.